The number of pyridine rings is 1. The fraction of sp³-hybridized carbons (Fsp3) is 0.348. The van der Waals surface area contributed by atoms with Gasteiger partial charge in [0.15, 0.2) is 0 Å². The fourth-order valence-electron chi connectivity index (χ4n) is 5.06. The first-order valence-electron chi connectivity index (χ1n) is 10.5. The van der Waals surface area contributed by atoms with Gasteiger partial charge in [-0.1, -0.05) is 22.0 Å². The van der Waals surface area contributed by atoms with Crippen LogP contribution in [0.4, 0.5) is 5.69 Å². The van der Waals surface area contributed by atoms with Gasteiger partial charge in [-0.3, -0.25) is 14.5 Å². The highest BCUT2D eigenvalue weighted by atomic mass is 79.9. The van der Waals surface area contributed by atoms with Gasteiger partial charge < -0.3 is 19.6 Å². The first-order chi connectivity index (χ1) is 15.4. The van der Waals surface area contributed by atoms with Crippen molar-refractivity contribution in [1.29, 1.82) is 0 Å². The number of rotatable bonds is 4. The molecule has 1 aromatic carbocycles. The Labute approximate surface area is 192 Å². The summed E-state index contributed by atoms with van der Waals surface area (Å²) in [4.78, 5) is 42.7. The molecule has 5 rings (SSSR count). The summed E-state index contributed by atoms with van der Waals surface area (Å²) in [5, 5.41) is 3.66. The molecule has 2 atom stereocenters. The van der Waals surface area contributed by atoms with Crippen LogP contribution in [-0.4, -0.2) is 53.1 Å². The maximum atomic E-state index is 13.0. The number of esters is 1. The number of amides is 1. The van der Waals surface area contributed by atoms with E-state index >= 15 is 0 Å². The molecule has 0 spiro atoms. The molecule has 1 saturated heterocycles. The second-order valence-electron chi connectivity index (χ2n) is 8.50. The Hall–Kier alpha value is -2.91. The Morgan fingerprint density at radius 2 is 2.06 bits per heavy atom. The third-order valence-electron chi connectivity index (χ3n) is 6.34. The van der Waals surface area contributed by atoms with E-state index in [1.165, 1.54) is 7.11 Å². The molecule has 2 bridgehead atoms. The van der Waals surface area contributed by atoms with Gasteiger partial charge in [-0.25, -0.2) is 4.79 Å². The molecule has 166 valence electrons. The average Bonchev–Trinajstić information content (AvgIpc) is 3.11. The number of fused-ring (bicyclic) bond motifs is 5. The van der Waals surface area contributed by atoms with Gasteiger partial charge in [0.25, 0.3) is 5.56 Å². The number of carbonyl (C=O) groups excluding carboxylic acids is 2. The van der Waals surface area contributed by atoms with Crippen LogP contribution in [0.15, 0.2) is 45.7 Å². The second-order valence-corrected chi connectivity index (χ2v) is 9.41. The van der Waals surface area contributed by atoms with Gasteiger partial charge in [0.2, 0.25) is 5.91 Å². The molecular weight excluding hydrogens is 476 g/mol. The lowest BCUT2D eigenvalue weighted by Crippen LogP contribution is -2.49. The zero-order valence-corrected chi connectivity index (χ0v) is 19.1. The fourth-order valence-corrected chi connectivity index (χ4v) is 5.42. The number of halogens is 1. The molecule has 2 aliphatic rings. The predicted molar refractivity (Wildman–Crippen MR) is 124 cm³/mol. The average molecular weight is 499 g/mol. The second kappa shape index (κ2) is 8.22. The van der Waals surface area contributed by atoms with Crippen LogP contribution in [0.5, 0.6) is 0 Å². The SMILES string of the molecule is COC(=O)c1[nH]c2ccc(Br)cc2c1NC(=O)CN1C[C@@H]2C[C@H](C1)c1cccc(=O)n1C2. The molecule has 3 aromatic rings. The van der Waals surface area contributed by atoms with Crippen molar-refractivity contribution in [3.05, 3.63) is 62.6 Å². The van der Waals surface area contributed by atoms with E-state index in [9.17, 15) is 14.4 Å². The Morgan fingerprint density at radius 3 is 2.88 bits per heavy atom. The largest absolute Gasteiger partial charge is 0.464 e. The van der Waals surface area contributed by atoms with Crippen LogP contribution in [0.2, 0.25) is 0 Å². The number of ether oxygens (including phenoxy) is 1. The number of hydrogen-bond acceptors (Lipinski definition) is 5. The topological polar surface area (TPSA) is 96.4 Å². The molecule has 2 N–H and O–H groups in total. The number of hydrogen-bond donors (Lipinski definition) is 2. The Morgan fingerprint density at radius 1 is 1.22 bits per heavy atom. The maximum absolute atomic E-state index is 13.0. The molecule has 0 saturated carbocycles. The number of anilines is 1. The summed E-state index contributed by atoms with van der Waals surface area (Å²) < 4.78 is 7.61. The van der Waals surface area contributed by atoms with Crippen LogP contribution >= 0.6 is 15.9 Å². The van der Waals surface area contributed by atoms with Crippen molar-refractivity contribution in [2.75, 3.05) is 32.1 Å². The number of carbonyl (C=O) groups is 2. The number of methoxy groups -OCH3 is 1. The minimum Gasteiger partial charge on any atom is -0.464 e. The normalized spacial score (nSPS) is 20.1. The van der Waals surface area contributed by atoms with Crippen LogP contribution in [0.25, 0.3) is 10.9 Å². The number of nitrogens with one attached hydrogen (secondary N) is 2. The van der Waals surface area contributed by atoms with Gasteiger partial charge >= 0.3 is 5.97 Å². The summed E-state index contributed by atoms with van der Waals surface area (Å²) in [5.41, 5.74) is 2.47. The number of aromatic amines is 1. The van der Waals surface area contributed by atoms with E-state index in [0.717, 1.165) is 40.6 Å². The van der Waals surface area contributed by atoms with Crippen LogP contribution in [0.3, 0.4) is 0 Å². The summed E-state index contributed by atoms with van der Waals surface area (Å²) in [6.07, 6.45) is 1.03. The zero-order valence-electron chi connectivity index (χ0n) is 17.6. The van der Waals surface area contributed by atoms with Crippen molar-refractivity contribution in [3.63, 3.8) is 0 Å². The van der Waals surface area contributed by atoms with Gasteiger partial charge in [0.05, 0.1) is 19.3 Å². The summed E-state index contributed by atoms with van der Waals surface area (Å²) in [7, 11) is 1.31. The first-order valence-corrected chi connectivity index (χ1v) is 11.3. The smallest absolute Gasteiger partial charge is 0.356 e. The van der Waals surface area contributed by atoms with Crippen LogP contribution in [-0.2, 0) is 16.1 Å². The number of piperidine rings is 1. The van der Waals surface area contributed by atoms with E-state index in [-0.39, 0.29) is 29.6 Å². The molecule has 0 radical (unpaired) electrons. The molecule has 32 heavy (non-hydrogen) atoms. The van der Waals surface area contributed by atoms with Gasteiger partial charge in [0, 0.05) is 52.7 Å². The van der Waals surface area contributed by atoms with Gasteiger partial charge in [-0.05, 0) is 36.6 Å². The standard InChI is InChI=1S/C23H23BrN4O4/c1-32-23(31)22-21(16-8-15(24)5-6-17(16)25-22)26-19(29)12-27-9-13-7-14(11-27)18-3-2-4-20(30)28(18)10-13/h2-6,8,13-14,25H,7,9-12H2,1H3,(H,26,29)/t13-,14+/m0/s1. The number of likely N-dealkylation sites (tertiary alicyclic amines) is 1. The summed E-state index contributed by atoms with van der Waals surface area (Å²) in [6, 6.07) is 11.0. The van der Waals surface area contributed by atoms with Crippen molar-refractivity contribution >= 4 is 44.4 Å². The number of H-pyrrole nitrogens is 1. The minimum absolute atomic E-state index is 0.0456. The first kappa shape index (κ1) is 21.0. The molecule has 8 nitrogen and oxygen atoms in total. The molecule has 1 amide bonds. The van der Waals surface area contributed by atoms with Crippen molar-refractivity contribution in [2.24, 2.45) is 5.92 Å². The zero-order chi connectivity index (χ0) is 22.4. The highest BCUT2D eigenvalue weighted by molar-refractivity contribution is 9.10. The van der Waals surface area contributed by atoms with E-state index in [0.29, 0.717) is 18.2 Å². The van der Waals surface area contributed by atoms with E-state index < -0.39 is 5.97 Å². The van der Waals surface area contributed by atoms with Crippen LogP contribution in [0.1, 0.15) is 28.5 Å². The number of aromatic nitrogens is 2. The van der Waals surface area contributed by atoms with E-state index in [1.807, 2.05) is 34.9 Å². The molecule has 2 aliphatic heterocycles. The highest BCUT2D eigenvalue weighted by Gasteiger charge is 2.35. The maximum Gasteiger partial charge on any atom is 0.356 e. The number of benzene rings is 1. The number of nitrogens with zero attached hydrogens (tertiary/aromatic N) is 2. The molecule has 1 fully saturated rings. The highest BCUT2D eigenvalue weighted by Crippen LogP contribution is 2.35. The van der Waals surface area contributed by atoms with Gasteiger partial charge in [-0.2, -0.15) is 0 Å². The molecule has 2 aromatic heterocycles. The molecule has 0 aliphatic carbocycles. The predicted octanol–water partition coefficient (Wildman–Crippen LogP) is 2.94. The molecular formula is C23H23BrN4O4. The van der Waals surface area contributed by atoms with Crippen molar-refractivity contribution in [3.8, 4) is 0 Å². The Kier molecular flexibility index (Phi) is 5.38. The minimum atomic E-state index is -0.540. The van der Waals surface area contributed by atoms with Crippen molar-refractivity contribution < 1.29 is 14.3 Å². The lowest BCUT2D eigenvalue weighted by atomic mass is 9.83. The van der Waals surface area contributed by atoms with Crippen molar-refractivity contribution in [2.45, 2.75) is 18.9 Å². The molecule has 9 heteroatoms. The quantitative estimate of drug-likeness (QED) is 0.539. The van der Waals surface area contributed by atoms with E-state index in [4.69, 9.17) is 4.74 Å². The van der Waals surface area contributed by atoms with Crippen LogP contribution in [0, 0.1) is 5.92 Å². The molecule has 4 heterocycles. The molecule has 0 unspecified atom stereocenters. The Bertz CT molecular complexity index is 1280. The Balaban J connectivity index is 1.36. The third-order valence-corrected chi connectivity index (χ3v) is 6.83. The van der Waals surface area contributed by atoms with Crippen LogP contribution < -0.4 is 10.9 Å². The summed E-state index contributed by atoms with van der Waals surface area (Å²) in [6.45, 7) is 2.38. The lowest BCUT2D eigenvalue weighted by Gasteiger charge is -2.42. The summed E-state index contributed by atoms with van der Waals surface area (Å²) >= 11 is 3.45. The van der Waals surface area contributed by atoms with Gasteiger partial charge in [0.1, 0.15) is 5.69 Å². The van der Waals surface area contributed by atoms with E-state index in [2.05, 4.69) is 31.1 Å². The van der Waals surface area contributed by atoms with E-state index in [1.54, 1.807) is 6.07 Å². The lowest BCUT2D eigenvalue weighted by molar-refractivity contribution is -0.117. The monoisotopic (exact) mass is 498 g/mol. The third kappa shape index (κ3) is 3.75. The van der Waals surface area contributed by atoms with Crippen molar-refractivity contribution in [1.82, 2.24) is 14.5 Å². The van der Waals surface area contributed by atoms with Gasteiger partial charge in [-0.15, -0.1) is 0 Å². The summed E-state index contributed by atoms with van der Waals surface area (Å²) in [5.74, 6) is -0.161.